The molecule has 116 valence electrons. The van der Waals surface area contributed by atoms with Crippen molar-refractivity contribution in [3.05, 3.63) is 29.0 Å². The molecule has 2 rings (SSSR count). The van der Waals surface area contributed by atoms with Gasteiger partial charge in [-0.2, -0.15) is 13.2 Å². The largest absolute Gasteiger partial charge is 0.389 e. The highest BCUT2D eigenvalue weighted by Gasteiger charge is 2.26. The number of aromatic nitrogens is 2. The van der Waals surface area contributed by atoms with Crippen molar-refractivity contribution in [3.8, 4) is 0 Å². The van der Waals surface area contributed by atoms with E-state index in [4.69, 9.17) is 23.2 Å². The van der Waals surface area contributed by atoms with Gasteiger partial charge in [0.05, 0.1) is 16.1 Å². The van der Waals surface area contributed by atoms with E-state index in [0.29, 0.717) is 30.3 Å². The molecule has 0 saturated carbocycles. The van der Waals surface area contributed by atoms with E-state index in [0.717, 1.165) is 16.9 Å². The average molecular weight is 339 g/mol. The molecule has 0 bridgehead atoms. The van der Waals surface area contributed by atoms with Gasteiger partial charge >= 0.3 is 6.18 Å². The van der Waals surface area contributed by atoms with Gasteiger partial charge in [-0.3, -0.25) is 0 Å². The van der Waals surface area contributed by atoms with E-state index in [1.54, 1.807) is 12.1 Å². The summed E-state index contributed by atoms with van der Waals surface area (Å²) < 4.78 is 38.4. The Morgan fingerprint density at radius 3 is 2.62 bits per heavy atom. The first-order valence-corrected chi connectivity index (χ1v) is 7.60. The minimum atomic E-state index is -4.10. The van der Waals surface area contributed by atoms with Crippen LogP contribution >= 0.6 is 23.2 Å². The van der Waals surface area contributed by atoms with Crippen LogP contribution in [-0.4, -0.2) is 21.6 Å². The van der Waals surface area contributed by atoms with E-state index in [2.05, 4.69) is 4.98 Å². The van der Waals surface area contributed by atoms with Crippen LogP contribution in [0.2, 0.25) is 5.02 Å². The average Bonchev–Trinajstić information content (AvgIpc) is 2.73. The van der Waals surface area contributed by atoms with Crippen molar-refractivity contribution in [2.45, 2.75) is 38.4 Å². The summed E-state index contributed by atoms with van der Waals surface area (Å²) in [5, 5.41) is 0.552. The lowest BCUT2D eigenvalue weighted by Crippen LogP contribution is -2.09. The Bertz CT molecular complexity index is 608. The van der Waals surface area contributed by atoms with Crippen LogP contribution in [0.5, 0.6) is 0 Å². The summed E-state index contributed by atoms with van der Waals surface area (Å²) in [6, 6.07) is 5.39. The number of nitrogens with zero attached hydrogens (tertiary/aromatic N) is 2. The number of benzene rings is 1. The maximum atomic E-state index is 12.2. The summed E-state index contributed by atoms with van der Waals surface area (Å²) in [5.41, 5.74) is 1.52. The van der Waals surface area contributed by atoms with Crippen LogP contribution in [0.4, 0.5) is 13.2 Å². The van der Waals surface area contributed by atoms with Crippen LogP contribution in [0.15, 0.2) is 18.2 Å². The first kappa shape index (κ1) is 16.4. The van der Waals surface area contributed by atoms with E-state index >= 15 is 0 Å². The minimum Gasteiger partial charge on any atom is -0.327 e. The number of unbranched alkanes of at least 4 members (excludes halogenated alkanes) is 1. The van der Waals surface area contributed by atoms with E-state index in [1.807, 2.05) is 10.6 Å². The molecule has 0 aliphatic carbocycles. The molecule has 0 N–H and O–H groups in total. The monoisotopic (exact) mass is 338 g/mol. The zero-order valence-electron chi connectivity index (χ0n) is 11.3. The zero-order valence-corrected chi connectivity index (χ0v) is 12.8. The lowest BCUT2D eigenvalue weighted by Gasteiger charge is -2.10. The van der Waals surface area contributed by atoms with Crippen LogP contribution in [0.3, 0.4) is 0 Å². The molecule has 0 spiro atoms. The standard InChI is InChI=1S/C14H15Cl2F3N2/c15-8-6-12-20-11-5-3-4-10(16)13(11)21(12)9-2-1-7-14(17,18)19/h3-5H,1-2,6-9H2. The molecule has 0 fully saturated rings. The number of rotatable bonds is 6. The van der Waals surface area contributed by atoms with E-state index in [9.17, 15) is 13.2 Å². The van der Waals surface area contributed by atoms with E-state index < -0.39 is 12.6 Å². The first-order chi connectivity index (χ1) is 9.92. The second-order valence-electron chi connectivity index (χ2n) is 4.80. The van der Waals surface area contributed by atoms with Gasteiger partial charge in [0.2, 0.25) is 0 Å². The minimum absolute atomic E-state index is 0.0912. The molecule has 2 nitrogen and oxygen atoms in total. The third-order valence-corrected chi connectivity index (χ3v) is 3.70. The second-order valence-corrected chi connectivity index (χ2v) is 5.58. The highest BCUT2D eigenvalue weighted by Crippen LogP contribution is 2.27. The smallest absolute Gasteiger partial charge is 0.327 e. The van der Waals surface area contributed by atoms with Gasteiger partial charge in [-0.1, -0.05) is 17.7 Å². The van der Waals surface area contributed by atoms with Crippen LogP contribution < -0.4 is 0 Å². The fraction of sp³-hybridized carbons (Fsp3) is 0.500. The van der Waals surface area contributed by atoms with Gasteiger partial charge in [-0.05, 0) is 25.0 Å². The molecule has 0 atom stereocenters. The number of hydrogen-bond acceptors (Lipinski definition) is 1. The lowest BCUT2D eigenvalue weighted by atomic mass is 10.2. The molecule has 1 heterocycles. The number of fused-ring (bicyclic) bond motifs is 1. The van der Waals surface area contributed by atoms with Crippen LogP contribution in [0.1, 0.15) is 25.1 Å². The Kier molecular flexibility index (Phi) is 5.38. The van der Waals surface area contributed by atoms with Crippen LogP contribution in [0, 0.1) is 0 Å². The van der Waals surface area contributed by atoms with Crippen LogP contribution in [0.25, 0.3) is 11.0 Å². The summed E-state index contributed by atoms with van der Waals surface area (Å²) >= 11 is 11.9. The van der Waals surface area contributed by atoms with Gasteiger partial charge in [0.1, 0.15) is 5.82 Å². The normalized spacial score (nSPS) is 12.2. The van der Waals surface area contributed by atoms with E-state index in [1.165, 1.54) is 0 Å². The van der Waals surface area contributed by atoms with Crippen molar-refractivity contribution in [2.24, 2.45) is 0 Å². The maximum Gasteiger partial charge on any atom is 0.389 e. The van der Waals surface area contributed by atoms with Crippen molar-refractivity contribution in [2.75, 3.05) is 5.88 Å². The molecule has 1 aromatic carbocycles. The molecule has 2 aromatic rings. The molecule has 0 saturated heterocycles. The Balaban J connectivity index is 2.18. The topological polar surface area (TPSA) is 17.8 Å². The molecular weight excluding hydrogens is 324 g/mol. The van der Waals surface area contributed by atoms with Crippen LogP contribution in [-0.2, 0) is 13.0 Å². The van der Waals surface area contributed by atoms with Crippen molar-refractivity contribution < 1.29 is 13.2 Å². The molecule has 0 radical (unpaired) electrons. The molecule has 0 unspecified atom stereocenters. The SMILES string of the molecule is FC(F)(F)CCCCn1c(CCCl)nc2cccc(Cl)c21. The van der Waals surface area contributed by atoms with Gasteiger partial charge < -0.3 is 4.57 Å². The molecule has 0 amide bonds. The number of halogens is 5. The predicted octanol–water partition coefficient (Wildman–Crippen LogP) is 5.20. The van der Waals surface area contributed by atoms with Crippen molar-refractivity contribution in [1.29, 1.82) is 0 Å². The predicted molar refractivity (Wildman–Crippen MR) is 79.1 cm³/mol. The Labute approximate surface area is 130 Å². The number of para-hydroxylation sites is 1. The van der Waals surface area contributed by atoms with Crippen molar-refractivity contribution in [1.82, 2.24) is 9.55 Å². The molecular formula is C14H15Cl2F3N2. The molecule has 1 aromatic heterocycles. The summed E-state index contributed by atoms with van der Waals surface area (Å²) in [4.78, 5) is 4.46. The maximum absolute atomic E-state index is 12.2. The quantitative estimate of drug-likeness (QED) is 0.522. The van der Waals surface area contributed by atoms with Gasteiger partial charge in [0, 0.05) is 25.3 Å². The molecule has 21 heavy (non-hydrogen) atoms. The highest BCUT2D eigenvalue weighted by molar-refractivity contribution is 6.35. The number of alkyl halides is 4. The zero-order chi connectivity index (χ0) is 15.5. The Hall–Kier alpha value is -0.940. The van der Waals surface area contributed by atoms with Crippen molar-refractivity contribution in [3.63, 3.8) is 0 Å². The fourth-order valence-corrected chi connectivity index (χ4v) is 2.74. The lowest BCUT2D eigenvalue weighted by molar-refractivity contribution is -0.135. The number of hydrogen-bond donors (Lipinski definition) is 0. The first-order valence-electron chi connectivity index (χ1n) is 6.68. The highest BCUT2D eigenvalue weighted by atomic mass is 35.5. The number of imidazole rings is 1. The Morgan fingerprint density at radius 1 is 1.19 bits per heavy atom. The van der Waals surface area contributed by atoms with Gasteiger partial charge in [0.25, 0.3) is 0 Å². The molecule has 7 heteroatoms. The molecule has 0 aliphatic heterocycles. The van der Waals surface area contributed by atoms with Gasteiger partial charge in [0.15, 0.2) is 0 Å². The third-order valence-electron chi connectivity index (χ3n) is 3.21. The summed E-state index contributed by atoms with van der Waals surface area (Å²) in [5.74, 6) is 1.17. The van der Waals surface area contributed by atoms with Gasteiger partial charge in [-0.25, -0.2) is 4.98 Å². The Morgan fingerprint density at radius 2 is 1.95 bits per heavy atom. The van der Waals surface area contributed by atoms with E-state index in [-0.39, 0.29) is 6.42 Å². The fourth-order valence-electron chi connectivity index (χ4n) is 2.30. The molecule has 0 aliphatic rings. The third kappa shape index (κ3) is 4.27. The van der Waals surface area contributed by atoms with Crippen molar-refractivity contribution >= 4 is 34.2 Å². The second kappa shape index (κ2) is 6.88. The van der Waals surface area contributed by atoms with Gasteiger partial charge in [-0.15, -0.1) is 11.6 Å². The summed E-state index contributed by atoms with van der Waals surface area (Å²) in [6.07, 6.45) is -3.79. The summed E-state index contributed by atoms with van der Waals surface area (Å²) in [7, 11) is 0. The number of aryl methyl sites for hydroxylation is 2. The summed E-state index contributed by atoms with van der Waals surface area (Å²) in [6.45, 7) is 0.461.